The molecule has 0 N–H and O–H groups in total. The zero-order valence-corrected chi connectivity index (χ0v) is 6.14. The molecule has 0 aromatic heterocycles. The van der Waals surface area contributed by atoms with Crippen molar-refractivity contribution in [2.24, 2.45) is 5.11 Å². The number of hydrogen-bond acceptors (Lipinski definition) is 2. The lowest BCUT2D eigenvalue weighted by Crippen LogP contribution is -1.70. The molecule has 0 fully saturated rings. The Kier molecular flexibility index (Phi) is 1.47. The third-order valence-corrected chi connectivity index (χ3v) is 1.58. The average molecular weight is 159 g/mol. The highest BCUT2D eigenvalue weighted by molar-refractivity contribution is 5.63. The molecule has 2 aliphatic rings. The van der Waals surface area contributed by atoms with Crippen LogP contribution in [0, 0.1) is 0 Å². The molecular formula is C8H5N3O. The molecule has 0 bridgehead atoms. The van der Waals surface area contributed by atoms with Crippen molar-refractivity contribution in [3.05, 3.63) is 41.0 Å². The highest BCUT2D eigenvalue weighted by Crippen LogP contribution is 2.27. The first kappa shape index (κ1) is 6.76. The molecule has 0 spiro atoms. The first-order chi connectivity index (χ1) is 5.90. The van der Waals surface area contributed by atoms with Gasteiger partial charge in [-0.25, -0.2) is 0 Å². The van der Waals surface area contributed by atoms with Crippen LogP contribution in [0.1, 0.15) is 0 Å². The molecular weight excluding hydrogens is 154 g/mol. The monoisotopic (exact) mass is 159 g/mol. The van der Waals surface area contributed by atoms with Crippen molar-refractivity contribution in [2.45, 2.75) is 0 Å². The van der Waals surface area contributed by atoms with Gasteiger partial charge in [0, 0.05) is 10.5 Å². The molecule has 1 heterocycles. The Morgan fingerprint density at radius 1 is 1.42 bits per heavy atom. The van der Waals surface area contributed by atoms with Crippen molar-refractivity contribution in [3.8, 4) is 11.3 Å². The zero-order valence-electron chi connectivity index (χ0n) is 6.14. The van der Waals surface area contributed by atoms with Crippen LogP contribution in [-0.4, -0.2) is 0 Å². The summed E-state index contributed by atoms with van der Waals surface area (Å²) in [7, 11) is 0. The van der Waals surface area contributed by atoms with Crippen LogP contribution in [0.3, 0.4) is 0 Å². The highest BCUT2D eigenvalue weighted by Gasteiger charge is 2.03. The van der Waals surface area contributed by atoms with E-state index in [1.807, 2.05) is 18.2 Å². The molecule has 58 valence electrons. The third kappa shape index (κ3) is 1.00. The maximum atomic E-state index is 8.16. The van der Waals surface area contributed by atoms with Crippen LogP contribution in [0.15, 0.2) is 40.1 Å². The van der Waals surface area contributed by atoms with Crippen molar-refractivity contribution < 1.29 is 4.42 Å². The third-order valence-electron chi connectivity index (χ3n) is 1.58. The largest absolute Gasteiger partial charge is 0.464 e. The van der Waals surface area contributed by atoms with Crippen LogP contribution in [-0.2, 0) is 0 Å². The molecule has 2 rings (SSSR count). The SMILES string of the molecule is [N-]=[N+]=Nc1coc2cccc-2c1. The maximum absolute atomic E-state index is 8.16. The minimum Gasteiger partial charge on any atom is -0.464 e. The minimum absolute atomic E-state index is 0.496. The fourth-order valence-electron chi connectivity index (χ4n) is 1.07. The van der Waals surface area contributed by atoms with Gasteiger partial charge in [0.15, 0.2) is 0 Å². The molecule has 0 amide bonds. The van der Waals surface area contributed by atoms with Crippen LogP contribution < -0.4 is 0 Å². The number of hydrogen-bond donors (Lipinski definition) is 0. The number of rotatable bonds is 1. The Bertz CT molecular complexity index is 414. The molecule has 4 nitrogen and oxygen atoms in total. The first-order valence-corrected chi connectivity index (χ1v) is 3.42. The Balaban J connectivity index is 2.61. The summed E-state index contributed by atoms with van der Waals surface area (Å²) >= 11 is 0. The molecule has 0 unspecified atom stereocenters. The van der Waals surface area contributed by atoms with E-state index in [4.69, 9.17) is 9.95 Å². The van der Waals surface area contributed by atoms with E-state index in [0.29, 0.717) is 5.69 Å². The Labute approximate surface area is 68.4 Å². The Morgan fingerprint density at radius 2 is 2.33 bits per heavy atom. The van der Waals surface area contributed by atoms with Gasteiger partial charge >= 0.3 is 0 Å². The van der Waals surface area contributed by atoms with Crippen LogP contribution in [0.5, 0.6) is 0 Å². The van der Waals surface area contributed by atoms with Gasteiger partial charge in [0.1, 0.15) is 12.0 Å². The van der Waals surface area contributed by atoms with Gasteiger partial charge in [-0.05, 0) is 17.7 Å². The molecule has 4 heteroatoms. The van der Waals surface area contributed by atoms with Crippen LogP contribution in [0.25, 0.3) is 21.8 Å². The van der Waals surface area contributed by atoms with Crippen molar-refractivity contribution >= 4 is 5.69 Å². The van der Waals surface area contributed by atoms with E-state index >= 15 is 0 Å². The zero-order chi connectivity index (χ0) is 8.39. The molecule has 1 aliphatic heterocycles. The fourth-order valence-corrected chi connectivity index (χ4v) is 1.07. The second kappa shape index (κ2) is 2.60. The molecule has 0 atom stereocenters. The van der Waals surface area contributed by atoms with Crippen LogP contribution in [0.2, 0.25) is 0 Å². The topological polar surface area (TPSA) is 61.9 Å². The van der Waals surface area contributed by atoms with Gasteiger partial charge in [-0.2, -0.15) is 0 Å². The Morgan fingerprint density at radius 3 is 3.17 bits per heavy atom. The van der Waals surface area contributed by atoms with Crippen LogP contribution >= 0.6 is 0 Å². The highest BCUT2D eigenvalue weighted by atomic mass is 16.3. The van der Waals surface area contributed by atoms with Gasteiger partial charge in [-0.1, -0.05) is 17.2 Å². The van der Waals surface area contributed by atoms with Gasteiger partial charge in [-0.15, -0.1) is 0 Å². The first-order valence-electron chi connectivity index (χ1n) is 3.42. The summed E-state index contributed by atoms with van der Waals surface area (Å²) in [6, 6.07) is 7.41. The smallest absolute Gasteiger partial charge is 0.133 e. The minimum atomic E-state index is 0.496. The summed E-state index contributed by atoms with van der Waals surface area (Å²) in [6.07, 6.45) is 1.43. The normalized spacial score (nSPS) is 9.67. The number of fused-ring (bicyclic) bond motifs is 1. The van der Waals surface area contributed by atoms with Crippen molar-refractivity contribution in [3.63, 3.8) is 0 Å². The molecule has 12 heavy (non-hydrogen) atoms. The summed E-state index contributed by atoms with van der Waals surface area (Å²) in [6.45, 7) is 0. The molecule has 1 aliphatic carbocycles. The predicted octanol–water partition coefficient (Wildman–Crippen LogP) is 3.33. The van der Waals surface area contributed by atoms with Gasteiger partial charge in [0.05, 0.1) is 5.69 Å². The van der Waals surface area contributed by atoms with Gasteiger partial charge in [0.25, 0.3) is 0 Å². The van der Waals surface area contributed by atoms with E-state index in [1.165, 1.54) is 6.26 Å². The standard InChI is InChI=1S/C8H5N3O/c9-11-10-7-4-6-2-1-3-8(6)12-5-7/h1-5H. The number of nitrogens with zero attached hydrogens (tertiary/aromatic N) is 3. The lowest BCUT2D eigenvalue weighted by molar-refractivity contribution is 0.568. The van der Waals surface area contributed by atoms with Crippen LogP contribution in [0.4, 0.5) is 5.69 Å². The summed E-state index contributed by atoms with van der Waals surface area (Å²) in [4.78, 5) is 2.66. The van der Waals surface area contributed by atoms with Crippen molar-refractivity contribution in [2.75, 3.05) is 0 Å². The van der Waals surface area contributed by atoms with E-state index in [1.54, 1.807) is 6.07 Å². The van der Waals surface area contributed by atoms with E-state index < -0.39 is 0 Å². The quantitative estimate of drug-likeness (QED) is 0.357. The van der Waals surface area contributed by atoms with Gasteiger partial charge in [0.2, 0.25) is 0 Å². The van der Waals surface area contributed by atoms with E-state index in [-0.39, 0.29) is 0 Å². The van der Waals surface area contributed by atoms with E-state index in [0.717, 1.165) is 11.3 Å². The van der Waals surface area contributed by atoms with E-state index in [2.05, 4.69) is 10.0 Å². The predicted molar refractivity (Wildman–Crippen MR) is 44.1 cm³/mol. The summed E-state index contributed by atoms with van der Waals surface area (Å²) in [5.74, 6) is 0.798. The Hall–Kier alpha value is -1.93. The molecule has 0 aromatic carbocycles. The second-order valence-electron chi connectivity index (χ2n) is 2.34. The second-order valence-corrected chi connectivity index (χ2v) is 2.34. The van der Waals surface area contributed by atoms with Crippen molar-refractivity contribution in [1.29, 1.82) is 0 Å². The molecule has 0 radical (unpaired) electrons. The van der Waals surface area contributed by atoms with E-state index in [9.17, 15) is 0 Å². The van der Waals surface area contributed by atoms with Gasteiger partial charge < -0.3 is 4.42 Å². The maximum Gasteiger partial charge on any atom is 0.133 e. The average Bonchev–Trinajstić information content (AvgIpc) is 2.51. The fraction of sp³-hybridized carbons (Fsp3) is 0. The molecule has 0 aromatic rings. The molecule has 0 saturated carbocycles. The number of azide groups is 1. The van der Waals surface area contributed by atoms with Gasteiger partial charge in [-0.3, -0.25) is 0 Å². The summed E-state index contributed by atoms with van der Waals surface area (Å²) in [5.41, 5.74) is 9.60. The lowest BCUT2D eigenvalue weighted by atomic mass is 10.2. The molecule has 0 saturated heterocycles. The lowest BCUT2D eigenvalue weighted by Gasteiger charge is -1.97. The van der Waals surface area contributed by atoms with Crippen molar-refractivity contribution in [1.82, 2.24) is 0 Å². The summed E-state index contributed by atoms with van der Waals surface area (Å²) < 4.78 is 5.17. The summed E-state index contributed by atoms with van der Waals surface area (Å²) in [5, 5.41) is 3.42.